The van der Waals surface area contributed by atoms with Crippen molar-refractivity contribution in [2.45, 2.75) is 13.8 Å². The van der Waals surface area contributed by atoms with Crippen LogP contribution in [0.4, 0.5) is 9.18 Å². The average molecular weight is 471 g/mol. The Morgan fingerprint density at radius 2 is 1.75 bits per heavy atom. The molecule has 8 heteroatoms. The minimum Gasteiger partial charge on any atom is -0.492 e. The topological polar surface area (TPSA) is 51.5 Å². The van der Waals surface area contributed by atoms with Crippen LogP contribution in [0, 0.1) is 19.7 Å². The van der Waals surface area contributed by atoms with Crippen LogP contribution in [0.5, 0.6) is 5.75 Å². The average Bonchev–Trinajstić information content (AvgIpc) is 3.19. The van der Waals surface area contributed by atoms with E-state index in [4.69, 9.17) is 16.3 Å². The molecule has 164 valence electrons. The number of benzene rings is 2. The fourth-order valence-electron chi connectivity index (χ4n) is 3.54. The number of ether oxygens (including phenoxy) is 1. The van der Waals surface area contributed by atoms with Gasteiger partial charge in [0, 0.05) is 22.1 Å². The molecule has 1 fully saturated rings. The molecule has 0 atom stereocenters. The summed E-state index contributed by atoms with van der Waals surface area (Å²) in [6.45, 7) is 4.20. The summed E-state index contributed by atoms with van der Waals surface area (Å²) in [7, 11) is 0. The normalized spacial score (nSPS) is 15.1. The molecule has 32 heavy (non-hydrogen) atoms. The number of carbonyl (C=O) groups excluding carboxylic acids is 2. The van der Waals surface area contributed by atoms with Crippen molar-refractivity contribution < 1.29 is 18.7 Å². The highest BCUT2D eigenvalue weighted by Gasteiger charge is 2.35. The first-order valence-corrected chi connectivity index (χ1v) is 11.1. The summed E-state index contributed by atoms with van der Waals surface area (Å²) in [5, 5.41) is 0.278. The van der Waals surface area contributed by atoms with Crippen molar-refractivity contribution >= 4 is 40.6 Å². The van der Waals surface area contributed by atoms with Gasteiger partial charge in [-0.05, 0) is 91.8 Å². The van der Waals surface area contributed by atoms with Crippen molar-refractivity contribution in [1.82, 2.24) is 9.47 Å². The number of halogens is 2. The molecular weight excluding hydrogens is 451 g/mol. The van der Waals surface area contributed by atoms with Crippen LogP contribution < -0.4 is 4.74 Å². The van der Waals surface area contributed by atoms with Crippen molar-refractivity contribution in [2.24, 2.45) is 0 Å². The lowest BCUT2D eigenvalue weighted by molar-refractivity contribution is -0.123. The Kier molecular flexibility index (Phi) is 6.39. The zero-order valence-corrected chi connectivity index (χ0v) is 19.0. The molecule has 1 aromatic heterocycles. The number of thioether (sulfide) groups is 1. The van der Waals surface area contributed by atoms with Gasteiger partial charge in [-0.25, -0.2) is 4.39 Å². The van der Waals surface area contributed by atoms with E-state index in [0.29, 0.717) is 15.7 Å². The van der Waals surface area contributed by atoms with Crippen LogP contribution in [0.1, 0.15) is 17.0 Å². The predicted molar refractivity (Wildman–Crippen MR) is 125 cm³/mol. The van der Waals surface area contributed by atoms with E-state index in [-0.39, 0.29) is 30.1 Å². The van der Waals surface area contributed by atoms with Gasteiger partial charge >= 0.3 is 0 Å². The van der Waals surface area contributed by atoms with Crippen molar-refractivity contribution in [2.75, 3.05) is 13.2 Å². The molecule has 0 radical (unpaired) electrons. The fraction of sp³-hybridized carbons (Fsp3) is 0.167. The molecule has 0 spiro atoms. The predicted octanol–water partition coefficient (Wildman–Crippen LogP) is 6.00. The summed E-state index contributed by atoms with van der Waals surface area (Å²) in [6.07, 6.45) is 1.73. The minimum absolute atomic E-state index is 0.152. The second-order valence-electron chi connectivity index (χ2n) is 7.27. The number of hydrogen-bond acceptors (Lipinski definition) is 4. The number of hydrogen-bond donors (Lipinski definition) is 0. The highest BCUT2D eigenvalue weighted by atomic mass is 35.5. The van der Waals surface area contributed by atoms with Gasteiger partial charge in [-0.3, -0.25) is 14.5 Å². The second-order valence-corrected chi connectivity index (χ2v) is 8.70. The third-order valence-electron chi connectivity index (χ3n) is 5.11. The van der Waals surface area contributed by atoms with E-state index >= 15 is 0 Å². The van der Waals surface area contributed by atoms with E-state index in [1.165, 1.54) is 17.0 Å². The van der Waals surface area contributed by atoms with E-state index in [1.807, 2.05) is 24.5 Å². The highest BCUT2D eigenvalue weighted by molar-refractivity contribution is 8.18. The zero-order chi connectivity index (χ0) is 22.8. The maximum atomic E-state index is 13.3. The Bertz CT molecular complexity index is 1200. The standard InChI is InChI=1S/C24H20ClFN2O3S/c1-15-13-17(16(2)28(15)20-7-5-19(26)6-8-20)14-22-23(29)27(24(30)32-22)11-12-31-21-9-3-18(25)4-10-21/h3-10,13-14H,11-12H2,1-2H3/b22-14-. The molecule has 2 heterocycles. The van der Waals surface area contributed by atoms with E-state index in [2.05, 4.69) is 0 Å². The number of aryl methyl sites for hydroxylation is 1. The lowest BCUT2D eigenvalue weighted by atomic mass is 10.2. The van der Waals surface area contributed by atoms with E-state index < -0.39 is 0 Å². The van der Waals surface area contributed by atoms with Gasteiger partial charge in [-0.1, -0.05) is 11.6 Å². The smallest absolute Gasteiger partial charge is 0.293 e. The SMILES string of the molecule is Cc1cc(/C=C2\SC(=O)N(CCOc3ccc(Cl)cc3)C2=O)c(C)n1-c1ccc(F)cc1. The Hall–Kier alpha value is -3.03. The Morgan fingerprint density at radius 1 is 1.06 bits per heavy atom. The van der Waals surface area contributed by atoms with Gasteiger partial charge in [0.25, 0.3) is 11.1 Å². The van der Waals surface area contributed by atoms with Crippen molar-refractivity contribution in [1.29, 1.82) is 0 Å². The number of imide groups is 1. The van der Waals surface area contributed by atoms with Gasteiger partial charge in [0.05, 0.1) is 11.4 Å². The second kappa shape index (κ2) is 9.22. The van der Waals surface area contributed by atoms with E-state index in [1.54, 1.807) is 42.5 Å². The van der Waals surface area contributed by atoms with Crippen LogP contribution in [-0.4, -0.2) is 33.8 Å². The number of aromatic nitrogens is 1. The fourth-order valence-corrected chi connectivity index (χ4v) is 4.52. The summed E-state index contributed by atoms with van der Waals surface area (Å²) in [5.41, 5.74) is 3.49. The van der Waals surface area contributed by atoms with Crippen molar-refractivity contribution in [3.05, 3.63) is 87.3 Å². The van der Waals surface area contributed by atoms with Crippen LogP contribution in [-0.2, 0) is 4.79 Å². The van der Waals surface area contributed by atoms with E-state index in [9.17, 15) is 14.0 Å². The van der Waals surface area contributed by atoms with Crippen LogP contribution in [0.3, 0.4) is 0 Å². The molecule has 1 saturated heterocycles. The summed E-state index contributed by atoms with van der Waals surface area (Å²) < 4.78 is 20.9. The van der Waals surface area contributed by atoms with Crippen LogP contribution >= 0.6 is 23.4 Å². The first-order valence-electron chi connectivity index (χ1n) is 9.92. The largest absolute Gasteiger partial charge is 0.492 e. The zero-order valence-electron chi connectivity index (χ0n) is 17.5. The molecule has 1 aliphatic heterocycles. The lowest BCUT2D eigenvalue weighted by Crippen LogP contribution is -2.32. The molecule has 0 bridgehead atoms. The monoisotopic (exact) mass is 470 g/mol. The quantitative estimate of drug-likeness (QED) is 0.414. The first-order chi connectivity index (χ1) is 15.3. The molecule has 2 aromatic carbocycles. The van der Waals surface area contributed by atoms with Gasteiger partial charge < -0.3 is 9.30 Å². The van der Waals surface area contributed by atoms with Gasteiger partial charge in [0.1, 0.15) is 18.2 Å². The summed E-state index contributed by atoms with van der Waals surface area (Å²) in [4.78, 5) is 26.8. The third-order valence-corrected chi connectivity index (χ3v) is 6.27. The molecule has 0 N–H and O–H groups in total. The number of nitrogens with zero attached hydrogens (tertiary/aromatic N) is 2. The van der Waals surface area contributed by atoms with Crippen LogP contribution in [0.15, 0.2) is 59.5 Å². The molecule has 0 aliphatic carbocycles. The van der Waals surface area contributed by atoms with Crippen molar-refractivity contribution in [3.63, 3.8) is 0 Å². The van der Waals surface area contributed by atoms with Gasteiger partial charge in [-0.2, -0.15) is 0 Å². The summed E-state index contributed by atoms with van der Waals surface area (Å²) in [6, 6.07) is 15.0. The molecule has 0 unspecified atom stereocenters. The summed E-state index contributed by atoms with van der Waals surface area (Å²) in [5.74, 6) is -0.0263. The molecule has 4 rings (SSSR count). The van der Waals surface area contributed by atoms with E-state index in [0.717, 1.165) is 34.4 Å². The lowest BCUT2D eigenvalue weighted by Gasteiger charge is -2.13. The molecule has 1 aliphatic rings. The summed E-state index contributed by atoms with van der Waals surface area (Å²) >= 11 is 6.77. The Morgan fingerprint density at radius 3 is 2.44 bits per heavy atom. The Labute approximate surface area is 194 Å². The van der Waals surface area contributed by atoms with Gasteiger partial charge in [-0.15, -0.1) is 0 Å². The molecule has 2 amide bonds. The molecule has 0 saturated carbocycles. The minimum atomic E-state index is -0.341. The number of amides is 2. The van der Waals surface area contributed by atoms with Crippen molar-refractivity contribution in [3.8, 4) is 11.4 Å². The maximum absolute atomic E-state index is 13.3. The Balaban J connectivity index is 1.48. The molecular formula is C24H20ClFN2O3S. The van der Waals surface area contributed by atoms with Gasteiger partial charge in [0.15, 0.2) is 0 Å². The number of rotatable bonds is 6. The highest BCUT2D eigenvalue weighted by Crippen LogP contribution is 2.33. The first kappa shape index (κ1) is 22.2. The third kappa shape index (κ3) is 4.59. The maximum Gasteiger partial charge on any atom is 0.293 e. The van der Waals surface area contributed by atoms with Crippen LogP contribution in [0.25, 0.3) is 11.8 Å². The molecule has 5 nitrogen and oxygen atoms in total. The van der Waals surface area contributed by atoms with Crippen LogP contribution in [0.2, 0.25) is 5.02 Å². The molecule has 3 aromatic rings. The number of carbonyl (C=O) groups is 2. The van der Waals surface area contributed by atoms with Gasteiger partial charge in [0.2, 0.25) is 0 Å².